The summed E-state index contributed by atoms with van der Waals surface area (Å²) >= 11 is 0. The van der Waals surface area contributed by atoms with Gasteiger partial charge in [0.2, 0.25) is 0 Å². The summed E-state index contributed by atoms with van der Waals surface area (Å²) < 4.78 is 15.4. The minimum Gasteiger partial charge on any atom is -0.471 e. The number of rotatable bonds is 4. The van der Waals surface area contributed by atoms with Crippen molar-refractivity contribution in [3.05, 3.63) is 29.8 Å². The van der Waals surface area contributed by atoms with E-state index in [1.54, 1.807) is 0 Å². The van der Waals surface area contributed by atoms with E-state index in [1.807, 2.05) is 0 Å². The van der Waals surface area contributed by atoms with Crippen LogP contribution in [-0.2, 0) is 4.57 Å². The molecule has 0 radical (unpaired) electrons. The quantitative estimate of drug-likeness (QED) is 0.621. The molecule has 1 unspecified atom stereocenters. The topological polar surface area (TPSA) is 101 Å². The third kappa shape index (κ3) is 2.92. The summed E-state index contributed by atoms with van der Waals surface area (Å²) in [5, 5.41) is 8.35. The molecule has 0 aliphatic heterocycles. The van der Waals surface area contributed by atoms with E-state index in [-0.39, 0.29) is 11.5 Å². The van der Waals surface area contributed by atoms with E-state index in [0.29, 0.717) is 5.56 Å². The summed E-state index contributed by atoms with van der Waals surface area (Å²) in [6.45, 7) is 1.37. The van der Waals surface area contributed by atoms with Crippen molar-refractivity contribution in [1.29, 1.82) is 0 Å². The minimum absolute atomic E-state index is 0.0850. The Labute approximate surface area is 91.0 Å². The maximum atomic E-state index is 11.0. The highest BCUT2D eigenvalue weighted by atomic mass is 31.2. The second kappa shape index (κ2) is 4.47. The molecule has 0 spiro atoms. The summed E-state index contributed by atoms with van der Waals surface area (Å²) in [6, 6.07) is 5.25. The van der Waals surface area contributed by atoms with E-state index >= 15 is 0 Å². The van der Waals surface area contributed by atoms with E-state index < -0.39 is 13.3 Å². The summed E-state index contributed by atoms with van der Waals surface area (Å²) in [7, 11) is -4.69. The monoisotopic (exact) mass is 244 g/mol. The highest BCUT2D eigenvalue weighted by Crippen LogP contribution is 2.42. The van der Waals surface area contributed by atoms with Gasteiger partial charge in [0.25, 0.3) is 0 Å². The second-order valence-electron chi connectivity index (χ2n) is 2.97. The first-order valence-corrected chi connectivity index (χ1v) is 5.77. The Morgan fingerprint density at radius 3 is 2.12 bits per heavy atom. The Kier molecular flexibility index (Phi) is 3.47. The Morgan fingerprint density at radius 2 is 1.75 bits per heavy atom. The smallest absolute Gasteiger partial charge is 0.471 e. The van der Waals surface area contributed by atoms with Gasteiger partial charge >= 0.3 is 13.3 Å². The molecule has 0 heterocycles. The lowest BCUT2D eigenvalue weighted by Crippen LogP contribution is -2.02. The molecule has 0 bridgehead atoms. The number of carbonyl (C=O) groups excluding carboxylic acids is 1. The van der Waals surface area contributed by atoms with Gasteiger partial charge in [0.05, 0.1) is 0 Å². The van der Waals surface area contributed by atoms with Crippen LogP contribution >= 0.6 is 7.60 Å². The fourth-order valence-electron chi connectivity index (χ4n) is 0.932. The summed E-state index contributed by atoms with van der Waals surface area (Å²) in [5.74, 6) is -0.254. The predicted octanol–water partition coefficient (Wildman–Crippen LogP) is 2.13. The van der Waals surface area contributed by atoms with Gasteiger partial charge in [-0.15, -0.1) is 0 Å². The zero-order valence-electron chi connectivity index (χ0n) is 8.28. The molecule has 86 valence electrons. The third-order valence-corrected chi connectivity index (χ3v) is 2.67. The number of Topliss-reactive ketones (excluding diaryl/α,β-unsaturated/α-hetero) is 1. The predicted molar refractivity (Wildman–Crippen MR) is 54.9 cm³/mol. The number of benzene rings is 1. The largest absolute Gasteiger partial charge is 0.485 e. The molecular formula is C9H9O6P. The van der Waals surface area contributed by atoms with Gasteiger partial charge in [-0.1, -0.05) is 0 Å². The molecular weight excluding hydrogens is 235 g/mol. The average Bonchev–Trinajstić information content (AvgIpc) is 2.17. The van der Waals surface area contributed by atoms with Crippen molar-refractivity contribution in [3.8, 4) is 5.75 Å². The number of hydrogen-bond acceptors (Lipinski definition) is 4. The maximum Gasteiger partial charge on any atom is 0.485 e. The van der Waals surface area contributed by atoms with E-state index in [0.717, 1.165) is 0 Å². The van der Waals surface area contributed by atoms with Crippen molar-refractivity contribution in [1.82, 2.24) is 0 Å². The van der Waals surface area contributed by atoms with E-state index in [9.17, 15) is 14.2 Å². The number of ketones is 1. The van der Waals surface area contributed by atoms with Gasteiger partial charge in [-0.05, 0) is 31.2 Å². The Bertz CT molecular complexity index is 463. The van der Waals surface area contributed by atoms with Crippen molar-refractivity contribution in [2.45, 2.75) is 6.92 Å². The second-order valence-corrected chi connectivity index (χ2v) is 4.58. The normalized spacial score (nSPS) is 13.9. The van der Waals surface area contributed by atoms with Crippen LogP contribution in [0.4, 0.5) is 4.79 Å². The molecule has 1 aromatic rings. The Balaban J connectivity index is 2.88. The molecule has 16 heavy (non-hydrogen) atoms. The maximum absolute atomic E-state index is 11.0. The number of carbonyl (C=O) groups is 2. The van der Waals surface area contributed by atoms with Gasteiger partial charge in [-0.25, -0.2) is 9.36 Å². The lowest BCUT2D eigenvalue weighted by atomic mass is 10.1. The first kappa shape index (κ1) is 12.4. The van der Waals surface area contributed by atoms with Crippen molar-refractivity contribution < 1.29 is 28.7 Å². The van der Waals surface area contributed by atoms with Crippen LogP contribution < -0.4 is 4.52 Å². The van der Waals surface area contributed by atoms with Crippen LogP contribution in [0.15, 0.2) is 24.3 Å². The zero-order valence-corrected chi connectivity index (χ0v) is 9.18. The summed E-state index contributed by atoms with van der Waals surface area (Å²) in [6.07, 6.45) is 0. The van der Waals surface area contributed by atoms with Crippen molar-refractivity contribution in [3.63, 3.8) is 0 Å². The van der Waals surface area contributed by atoms with Gasteiger partial charge in [0.1, 0.15) is 5.75 Å². The van der Waals surface area contributed by atoms with Gasteiger partial charge in [0.15, 0.2) is 5.78 Å². The number of hydrogen-bond donors (Lipinski definition) is 2. The van der Waals surface area contributed by atoms with Crippen LogP contribution in [0.1, 0.15) is 17.3 Å². The van der Waals surface area contributed by atoms with Crippen LogP contribution in [-0.4, -0.2) is 21.5 Å². The van der Waals surface area contributed by atoms with Crippen molar-refractivity contribution in [2.24, 2.45) is 0 Å². The van der Waals surface area contributed by atoms with Crippen LogP contribution in [0.5, 0.6) is 5.75 Å². The fraction of sp³-hybridized carbons (Fsp3) is 0.111. The zero-order chi connectivity index (χ0) is 12.3. The van der Waals surface area contributed by atoms with Crippen LogP contribution in [0.2, 0.25) is 0 Å². The third-order valence-electron chi connectivity index (χ3n) is 1.73. The first-order chi connectivity index (χ1) is 7.33. The number of carboxylic acid groups (broad SMARTS) is 1. The first-order valence-electron chi connectivity index (χ1n) is 4.20. The van der Waals surface area contributed by atoms with Crippen molar-refractivity contribution >= 4 is 19.1 Å². The molecule has 0 saturated carbocycles. The van der Waals surface area contributed by atoms with E-state index in [2.05, 4.69) is 4.52 Å². The molecule has 0 aliphatic rings. The Morgan fingerprint density at radius 1 is 1.25 bits per heavy atom. The molecule has 1 aromatic carbocycles. The van der Waals surface area contributed by atoms with Gasteiger partial charge in [-0.3, -0.25) is 4.79 Å². The van der Waals surface area contributed by atoms with Gasteiger partial charge < -0.3 is 14.5 Å². The van der Waals surface area contributed by atoms with Gasteiger partial charge in [-0.2, -0.15) is 0 Å². The van der Waals surface area contributed by atoms with E-state index in [4.69, 9.17) is 10.00 Å². The fourth-order valence-corrected chi connectivity index (χ4v) is 1.42. The van der Waals surface area contributed by atoms with Crippen LogP contribution in [0.3, 0.4) is 0 Å². The Hall–Kier alpha value is -1.65. The molecule has 2 N–H and O–H groups in total. The van der Waals surface area contributed by atoms with Crippen LogP contribution in [0, 0.1) is 0 Å². The molecule has 0 amide bonds. The minimum atomic E-state index is -4.69. The van der Waals surface area contributed by atoms with E-state index in [1.165, 1.54) is 31.2 Å². The van der Waals surface area contributed by atoms with Crippen molar-refractivity contribution in [2.75, 3.05) is 0 Å². The van der Waals surface area contributed by atoms with Gasteiger partial charge in [0, 0.05) is 5.56 Å². The van der Waals surface area contributed by atoms with Crippen LogP contribution in [0.25, 0.3) is 0 Å². The molecule has 0 aliphatic carbocycles. The molecule has 0 aromatic heterocycles. The lowest BCUT2D eigenvalue weighted by molar-refractivity contribution is 0.101. The molecule has 1 rings (SSSR count). The highest BCUT2D eigenvalue weighted by molar-refractivity contribution is 7.70. The summed E-state index contributed by atoms with van der Waals surface area (Å²) in [5.41, 5.74) is -1.53. The molecule has 0 fully saturated rings. The standard InChI is InChI=1S/C9H9O6P/c1-6(10)7-2-4-8(5-3-7)15-16(13,14)9(11)12/h2-5H,1H3,(H,11,12)(H,13,14). The molecule has 0 saturated heterocycles. The SMILES string of the molecule is CC(=O)c1ccc(OP(=O)(O)C(=O)O)cc1. The lowest BCUT2D eigenvalue weighted by Gasteiger charge is -2.08. The highest BCUT2D eigenvalue weighted by Gasteiger charge is 2.31. The molecule has 1 atom stereocenters. The molecule has 6 nitrogen and oxygen atoms in total. The average molecular weight is 244 g/mol. The summed E-state index contributed by atoms with van der Waals surface area (Å²) in [4.78, 5) is 30.1. The molecule has 7 heteroatoms.